The van der Waals surface area contributed by atoms with Crippen LogP contribution in [0.3, 0.4) is 0 Å². The molecule has 39 heavy (non-hydrogen) atoms. The molecule has 10 nitrogen and oxygen atoms in total. The summed E-state index contributed by atoms with van der Waals surface area (Å²) in [6.45, 7) is 3.35. The summed E-state index contributed by atoms with van der Waals surface area (Å²) in [5.41, 5.74) is 1.95. The molecule has 0 radical (unpaired) electrons. The van der Waals surface area contributed by atoms with E-state index in [1.54, 1.807) is 38.1 Å². The molecule has 0 aliphatic rings. The number of methoxy groups -OCH3 is 3. The molecule has 0 N–H and O–H groups in total. The van der Waals surface area contributed by atoms with Crippen molar-refractivity contribution in [1.82, 2.24) is 9.78 Å². The molecule has 0 unspecified atom stereocenters. The van der Waals surface area contributed by atoms with Crippen LogP contribution in [0, 0.1) is 13.8 Å². The van der Waals surface area contributed by atoms with Crippen molar-refractivity contribution in [3.05, 3.63) is 77.9 Å². The quantitative estimate of drug-likeness (QED) is 0.292. The summed E-state index contributed by atoms with van der Waals surface area (Å²) >= 11 is 0. The van der Waals surface area contributed by atoms with E-state index in [0.717, 1.165) is 0 Å². The van der Waals surface area contributed by atoms with E-state index in [1.807, 2.05) is 0 Å². The Morgan fingerprint density at radius 1 is 0.692 bits per heavy atom. The molecule has 1 heterocycles. The zero-order valence-corrected chi connectivity index (χ0v) is 24.0. The molecular weight excluding hydrogens is 542 g/mol. The number of hydrogen-bond acceptors (Lipinski definition) is 8. The van der Waals surface area contributed by atoms with E-state index in [1.165, 1.54) is 75.5 Å². The molecule has 0 amide bonds. The zero-order valence-electron chi connectivity index (χ0n) is 22.4. The van der Waals surface area contributed by atoms with Crippen LogP contribution in [0.1, 0.15) is 11.1 Å². The fraction of sp³-hybridized carbons (Fsp3) is 0.222. The van der Waals surface area contributed by atoms with Gasteiger partial charge in [-0.25, -0.2) is 0 Å². The van der Waals surface area contributed by atoms with Crippen LogP contribution in [0.4, 0.5) is 5.82 Å². The predicted octanol–water partition coefficient (Wildman–Crippen LogP) is 4.31. The van der Waals surface area contributed by atoms with Crippen LogP contribution in [-0.4, -0.2) is 47.9 Å². The topological polar surface area (TPSA) is 117 Å². The minimum absolute atomic E-state index is 0.183. The Hall–Kier alpha value is -4.03. The van der Waals surface area contributed by atoms with Gasteiger partial charge in [-0.1, -0.05) is 12.1 Å². The van der Waals surface area contributed by atoms with Gasteiger partial charge in [0.1, 0.15) is 17.2 Å². The van der Waals surface area contributed by atoms with Crippen molar-refractivity contribution in [3.8, 4) is 28.5 Å². The third-order valence-corrected chi connectivity index (χ3v) is 10.3. The predicted molar refractivity (Wildman–Crippen MR) is 148 cm³/mol. The summed E-state index contributed by atoms with van der Waals surface area (Å²) in [4.78, 5) is -0.454. The first-order chi connectivity index (χ1) is 18.4. The lowest BCUT2D eigenvalue weighted by Crippen LogP contribution is -2.38. The average molecular weight is 572 g/mol. The molecule has 4 aromatic rings. The van der Waals surface area contributed by atoms with E-state index in [2.05, 4.69) is 5.10 Å². The SMILES string of the molecule is COc1ccc(S(=O)(=O)N(c2cc(-c3ccccc3OC)nn2C)S(=O)(=O)c2ccc(OC)c(C)c2)cc1C. The summed E-state index contributed by atoms with van der Waals surface area (Å²) < 4.78 is 74.2. The monoisotopic (exact) mass is 571 g/mol. The molecule has 0 aliphatic heterocycles. The van der Waals surface area contributed by atoms with E-state index >= 15 is 0 Å². The Labute approximate surface area is 228 Å². The highest BCUT2D eigenvalue weighted by Crippen LogP contribution is 2.37. The van der Waals surface area contributed by atoms with Crippen LogP contribution < -0.4 is 17.9 Å². The van der Waals surface area contributed by atoms with Gasteiger partial charge in [0.25, 0.3) is 20.0 Å². The van der Waals surface area contributed by atoms with E-state index < -0.39 is 20.0 Å². The first-order valence-electron chi connectivity index (χ1n) is 11.7. The maximum absolute atomic E-state index is 14.1. The number of sulfonamides is 2. The minimum Gasteiger partial charge on any atom is -0.496 e. The van der Waals surface area contributed by atoms with E-state index in [0.29, 0.717) is 43.3 Å². The fourth-order valence-electron chi connectivity index (χ4n) is 4.21. The number of aromatic nitrogens is 2. The second kappa shape index (κ2) is 10.6. The van der Waals surface area contributed by atoms with Crippen molar-refractivity contribution in [2.45, 2.75) is 23.6 Å². The summed E-state index contributed by atoms with van der Waals surface area (Å²) in [6, 6.07) is 16.7. The van der Waals surface area contributed by atoms with Gasteiger partial charge in [0.15, 0.2) is 5.82 Å². The lowest BCUT2D eigenvalue weighted by Gasteiger charge is -2.24. The van der Waals surface area contributed by atoms with Crippen LogP contribution in [0.15, 0.2) is 76.5 Å². The Morgan fingerprint density at radius 2 is 1.18 bits per heavy atom. The Kier molecular flexibility index (Phi) is 7.62. The van der Waals surface area contributed by atoms with Crippen molar-refractivity contribution >= 4 is 25.9 Å². The van der Waals surface area contributed by atoms with E-state index in [9.17, 15) is 16.8 Å². The van der Waals surface area contributed by atoms with Crippen molar-refractivity contribution in [2.24, 2.45) is 7.05 Å². The molecule has 0 saturated heterocycles. The van der Waals surface area contributed by atoms with Gasteiger partial charge in [0, 0.05) is 18.7 Å². The fourth-order valence-corrected chi connectivity index (χ4v) is 8.10. The summed E-state index contributed by atoms with van der Waals surface area (Å²) in [5.74, 6) is 1.25. The van der Waals surface area contributed by atoms with Crippen molar-refractivity contribution in [3.63, 3.8) is 0 Å². The van der Waals surface area contributed by atoms with E-state index in [-0.39, 0.29) is 15.6 Å². The molecule has 0 saturated carbocycles. The smallest absolute Gasteiger partial charge is 0.279 e. The first kappa shape index (κ1) is 28.0. The van der Waals surface area contributed by atoms with Crippen LogP contribution in [0.2, 0.25) is 0 Å². The standard InChI is InChI=1S/C27H29N3O7S2/c1-18-15-20(11-13-24(18)35-4)38(31,32)30(39(33,34)21-12-14-25(36-5)19(2)16-21)27-17-23(28-29(27)3)22-9-7-8-10-26(22)37-6/h7-17H,1-6H3. The van der Waals surface area contributed by atoms with Crippen LogP contribution in [-0.2, 0) is 27.1 Å². The molecule has 0 bridgehead atoms. The van der Waals surface area contributed by atoms with Gasteiger partial charge in [0.05, 0.1) is 36.8 Å². The number of ether oxygens (including phenoxy) is 3. The lowest BCUT2D eigenvalue weighted by atomic mass is 10.1. The lowest BCUT2D eigenvalue weighted by molar-refractivity contribution is 0.411. The number of aryl methyl sites for hydroxylation is 3. The van der Waals surface area contributed by atoms with Gasteiger partial charge < -0.3 is 14.2 Å². The molecule has 206 valence electrons. The van der Waals surface area contributed by atoms with Gasteiger partial charge in [-0.15, -0.1) is 3.71 Å². The third kappa shape index (κ3) is 5.04. The molecule has 0 aliphatic carbocycles. The zero-order chi connectivity index (χ0) is 28.5. The average Bonchev–Trinajstić information content (AvgIpc) is 3.28. The molecule has 12 heteroatoms. The highest BCUT2D eigenvalue weighted by Gasteiger charge is 2.40. The van der Waals surface area contributed by atoms with Crippen LogP contribution in [0.5, 0.6) is 17.2 Å². The van der Waals surface area contributed by atoms with Gasteiger partial charge in [-0.2, -0.15) is 21.9 Å². The van der Waals surface area contributed by atoms with Gasteiger partial charge in [-0.3, -0.25) is 4.68 Å². The summed E-state index contributed by atoms with van der Waals surface area (Å²) in [6.07, 6.45) is 0. The van der Waals surface area contributed by atoms with Gasteiger partial charge in [0.2, 0.25) is 0 Å². The number of benzene rings is 3. The number of rotatable bonds is 9. The summed E-state index contributed by atoms with van der Waals surface area (Å²) in [7, 11) is -3.44. The highest BCUT2D eigenvalue weighted by atomic mass is 32.3. The Balaban J connectivity index is 1.98. The molecular formula is C27H29N3O7S2. The number of anilines is 1. The minimum atomic E-state index is -4.68. The van der Waals surface area contributed by atoms with Crippen LogP contribution >= 0.6 is 0 Å². The summed E-state index contributed by atoms with van der Waals surface area (Å²) in [5, 5.41) is 4.44. The van der Waals surface area contributed by atoms with Gasteiger partial charge in [-0.05, 0) is 73.5 Å². The molecule has 0 fully saturated rings. The van der Waals surface area contributed by atoms with Crippen LogP contribution in [0.25, 0.3) is 11.3 Å². The largest absolute Gasteiger partial charge is 0.496 e. The van der Waals surface area contributed by atoms with E-state index in [4.69, 9.17) is 14.2 Å². The number of hydrogen-bond donors (Lipinski definition) is 0. The Morgan fingerprint density at radius 3 is 1.64 bits per heavy atom. The van der Waals surface area contributed by atoms with Crippen molar-refractivity contribution in [1.29, 1.82) is 0 Å². The molecule has 3 aromatic carbocycles. The van der Waals surface area contributed by atoms with Gasteiger partial charge >= 0.3 is 0 Å². The maximum Gasteiger partial charge on any atom is 0.279 e. The number of nitrogens with zero attached hydrogens (tertiary/aromatic N) is 3. The normalized spacial score (nSPS) is 11.7. The molecule has 0 spiro atoms. The number of para-hydroxylation sites is 1. The second-order valence-corrected chi connectivity index (χ2v) is 12.5. The first-order valence-corrected chi connectivity index (χ1v) is 14.6. The van der Waals surface area contributed by atoms with Crippen molar-refractivity contribution in [2.75, 3.05) is 25.0 Å². The Bertz CT molecular complexity index is 1660. The van der Waals surface area contributed by atoms with Crippen molar-refractivity contribution < 1.29 is 31.0 Å². The maximum atomic E-state index is 14.1. The third-order valence-electron chi connectivity index (χ3n) is 6.19. The molecule has 4 rings (SSSR count). The molecule has 1 aromatic heterocycles. The molecule has 0 atom stereocenters. The second-order valence-electron chi connectivity index (χ2n) is 8.68. The highest BCUT2D eigenvalue weighted by molar-refractivity contribution is 8.10.